The maximum Gasteiger partial charge on any atom is 0.416 e. The summed E-state index contributed by atoms with van der Waals surface area (Å²) in [6.07, 6.45) is -1.45. The molecule has 1 heterocycles. The van der Waals surface area contributed by atoms with Crippen LogP contribution in [0.1, 0.15) is 34.3 Å². The lowest BCUT2D eigenvalue weighted by molar-refractivity contribution is -0.137. The zero-order valence-electron chi connectivity index (χ0n) is 18.0. The fourth-order valence-electron chi connectivity index (χ4n) is 4.22. The summed E-state index contributed by atoms with van der Waals surface area (Å²) in [5.74, 6) is -0.609. The number of alkyl halides is 3. The van der Waals surface area contributed by atoms with Crippen molar-refractivity contribution in [2.45, 2.75) is 29.5 Å². The van der Waals surface area contributed by atoms with Gasteiger partial charge in [0.1, 0.15) is 5.75 Å². The van der Waals surface area contributed by atoms with Gasteiger partial charge in [-0.1, -0.05) is 30.3 Å². The summed E-state index contributed by atoms with van der Waals surface area (Å²) < 4.78 is 45.2. The highest BCUT2D eigenvalue weighted by Crippen LogP contribution is 2.39. The number of ether oxygens (including phenoxy) is 1. The molecule has 0 aliphatic carbocycles. The number of benzene rings is 2. The number of aliphatic hydroxyl groups excluding tert-OH is 1. The van der Waals surface area contributed by atoms with E-state index in [-0.39, 0.29) is 22.8 Å². The van der Waals surface area contributed by atoms with Crippen LogP contribution in [0.4, 0.5) is 13.2 Å². The smallest absolute Gasteiger partial charge is 0.416 e. The van der Waals surface area contributed by atoms with Gasteiger partial charge in [0.15, 0.2) is 0 Å². The molecule has 2 aromatic rings. The lowest BCUT2D eigenvalue weighted by Crippen LogP contribution is -2.56. The summed E-state index contributed by atoms with van der Waals surface area (Å²) in [5, 5.41) is 12.5. The van der Waals surface area contributed by atoms with Crippen molar-refractivity contribution in [2.75, 3.05) is 39.6 Å². The Balaban J connectivity index is 2.03. The molecule has 5 nitrogen and oxygen atoms in total. The average molecular weight is 469 g/mol. The van der Waals surface area contributed by atoms with E-state index in [0.29, 0.717) is 19.5 Å². The fourth-order valence-corrected chi connectivity index (χ4v) is 4.86. The molecular weight excluding hydrogens is 441 g/mol. The van der Waals surface area contributed by atoms with Crippen molar-refractivity contribution >= 4 is 17.7 Å². The largest absolute Gasteiger partial charge is 0.496 e. The summed E-state index contributed by atoms with van der Waals surface area (Å²) >= 11 is 1.06. The van der Waals surface area contributed by atoms with E-state index in [2.05, 4.69) is 10.2 Å². The molecule has 32 heavy (non-hydrogen) atoms. The lowest BCUT2D eigenvalue weighted by Gasteiger charge is -2.44. The monoisotopic (exact) mass is 468 g/mol. The zero-order chi connectivity index (χ0) is 23.4. The van der Waals surface area contributed by atoms with Gasteiger partial charge in [-0.3, -0.25) is 9.69 Å². The molecule has 2 N–H and O–H groups in total. The Bertz CT molecular complexity index is 913. The van der Waals surface area contributed by atoms with E-state index in [1.807, 2.05) is 30.3 Å². The molecular formula is C23H27F3N2O3S. The third kappa shape index (κ3) is 5.22. The van der Waals surface area contributed by atoms with Crippen LogP contribution >= 0.6 is 11.8 Å². The van der Waals surface area contributed by atoms with E-state index in [1.54, 1.807) is 6.26 Å². The first-order chi connectivity index (χ1) is 15.2. The Hall–Kier alpha value is -2.23. The molecule has 0 radical (unpaired) electrons. The predicted octanol–water partition coefficient (Wildman–Crippen LogP) is 4.15. The number of nitrogens with zero attached hydrogens (tertiary/aromatic N) is 1. The minimum absolute atomic E-state index is 0.00215. The van der Waals surface area contributed by atoms with E-state index in [0.717, 1.165) is 42.4 Å². The summed E-state index contributed by atoms with van der Waals surface area (Å²) in [4.78, 5) is 15.8. The first-order valence-corrected chi connectivity index (χ1v) is 11.5. The van der Waals surface area contributed by atoms with Crippen molar-refractivity contribution in [3.8, 4) is 5.75 Å². The number of nitrogens with one attached hydrogen (secondary N) is 1. The maximum absolute atomic E-state index is 13.5. The van der Waals surface area contributed by atoms with Gasteiger partial charge in [-0.25, -0.2) is 0 Å². The number of piperidine rings is 1. The second-order valence-corrected chi connectivity index (χ2v) is 8.61. The second-order valence-electron chi connectivity index (χ2n) is 7.76. The van der Waals surface area contributed by atoms with Gasteiger partial charge in [0.05, 0.1) is 30.4 Å². The van der Waals surface area contributed by atoms with Gasteiger partial charge in [-0.15, -0.1) is 11.8 Å². The molecule has 1 atom stereocenters. The van der Waals surface area contributed by atoms with Gasteiger partial charge in [0.2, 0.25) is 0 Å². The number of hydrogen-bond acceptors (Lipinski definition) is 5. The van der Waals surface area contributed by atoms with Gasteiger partial charge in [-0.2, -0.15) is 13.2 Å². The molecule has 1 unspecified atom stereocenters. The second kappa shape index (κ2) is 10.1. The van der Waals surface area contributed by atoms with Crippen LogP contribution in [0.15, 0.2) is 47.4 Å². The number of hydrogen-bond donors (Lipinski definition) is 2. The predicted molar refractivity (Wildman–Crippen MR) is 118 cm³/mol. The van der Waals surface area contributed by atoms with Gasteiger partial charge in [0, 0.05) is 18.0 Å². The van der Waals surface area contributed by atoms with Crippen molar-refractivity contribution in [1.29, 1.82) is 0 Å². The van der Waals surface area contributed by atoms with Crippen LogP contribution in [0, 0.1) is 0 Å². The van der Waals surface area contributed by atoms with Crippen LogP contribution in [-0.2, 0) is 11.7 Å². The van der Waals surface area contributed by atoms with Crippen molar-refractivity contribution in [3.63, 3.8) is 0 Å². The van der Waals surface area contributed by atoms with E-state index in [9.17, 15) is 23.1 Å². The number of rotatable bonds is 7. The minimum Gasteiger partial charge on any atom is -0.496 e. The molecule has 174 valence electrons. The Morgan fingerprint density at radius 2 is 2.00 bits per heavy atom. The normalized spacial score (nSPS) is 19.6. The Labute approximate surface area is 189 Å². The van der Waals surface area contributed by atoms with Crippen LogP contribution < -0.4 is 10.1 Å². The number of methoxy groups -OCH3 is 1. The minimum atomic E-state index is -4.55. The number of β-amino-alcohol motifs (C(OH)–C–C–N with tert-alkyl or cyclic N) is 1. The molecule has 1 aliphatic heterocycles. The van der Waals surface area contributed by atoms with Crippen molar-refractivity contribution < 1.29 is 27.8 Å². The third-order valence-electron chi connectivity index (χ3n) is 5.73. The highest BCUT2D eigenvalue weighted by Gasteiger charge is 2.40. The van der Waals surface area contributed by atoms with Gasteiger partial charge >= 0.3 is 6.18 Å². The summed E-state index contributed by atoms with van der Waals surface area (Å²) in [5.41, 5.74) is -0.607. The topological polar surface area (TPSA) is 61.8 Å². The molecule has 0 bridgehead atoms. The van der Waals surface area contributed by atoms with E-state index in [4.69, 9.17) is 4.74 Å². The third-order valence-corrected chi connectivity index (χ3v) is 6.49. The number of amides is 1. The van der Waals surface area contributed by atoms with E-state index < -0.39 is 23.2 Å². The molecule has 1 saturated heterocycles. The molecule has 1 fully saturated rings. The zero-order valence-corrected chi connectivity index (χ0v) is 18.9. The molecule has 1 aliphatic rings. The van der Waals surface area contributed by atoms with Crippen LogP contribution in [-0.4, -0.2) is 55.5 Å². The molecule has 1 amide bonds. The van der Waals surface area contributed by atoms with Crippen LogP contribution in [0.3, 0.4) is 0 Å². The van der Waals surface area contributed by atoms with Crippen molar-refractivity contribution in [3.05, 3.63) is 59.2 Å². The fraction of sp³-hybridized carbons (Fsp3) is 0.435. The molecule has 9 heteroatoms. The Kier molecular flexibility index (Phi) is 7.74. The first kappa shape index (κ1) is 24.4. The van der Waals surface area contributed by atoms with E-state index in [1.165, 1.54) is 7.11 Å². The van der Waals surface area contributed by atoms with Crippen LogP contribution in [0.25, 0.3) is 0 Å². The van der Waals surface area contributed by atoms with Crippen molar-refractivity contribution in [2.24, 2.45) is 0 Å². The van der Waals surface area contributed by atoms with Crippen LogP contribution in [0.2, 0.25) is 0 Å². The highest BCUT2D eigenvalue weighted by molar-refractivity contribution is 7.98. The molecule has 2 aromatic carbocycles. The van der Waals surface area contributed by atoms with Gasteiger partial charge < -0.3 is 15.2 Å². The first-order valence-electron chi connectivity index (χ1n) is 10.3. The number of carbonyl (C=O) groups excluding carboxylic acids is 1. The molecule has 0 saturated carbocycles. The number of carbonyl (C=O) groups is 1. The van der Waals surface area contributed by atoms with Crippen LogP contribution in [0.5, 0.6) is 5.75 Å². The Morgan fingerprint density at radius 1 is 1.28 bits per heavy atom. The SMILES string of the molecule is COc1cc(C(F)(F)F)cc(SC)c1C(=O)NC1(c2ccccc2)CCCN(CCO)C1. The highest BCUT2D eigenvalue weighted by atomic mass is 32.2. The number of thioether (sulfide) groups is 1. The Morgan fingerprint density at radius 3 is 2.59 bits per heavy atom. The van der Waals surface area contributed by atoms with Gasteiger partial charge in [-0.05, 0) is 43.3 Å². The lowest BCUT2D eigenvalue weighted by atomic mass is 9.81. The quantitative estimate of drug-likeness (QED) is 0.598. The number of halogens is 3. The number of aliphatic hydroxyl groups is 1. The van der Waals surface area contributed by atoms with E-state index >= 15 is 0 Å². The van der Waals surface area contributed by atoms with Crippen molar-refractivity contribution in [1.82, 2.24) is 10.2 Å². The standard InChI is InChI=1S/C23H27F3N2O3S/c1-31-18-13-17(23(24,25)26)14-19(32-2)20(18)21(30)27-22(16-7-4-3-5-8-16)9-6-10-28(15-22)11-12-29/h3-5,7-8,13-14,29H,6,9-12,15H2,1-2H3,(H,27,30). The van der Waals surface area contributed by atoms with Gasteiger partial charge in [0.25, 0.3) is 5.91 Å². The summed E-state index contributed by atoms with van der Waals surface area (Å²) in [7, 11) is 1.26. The average Bonchev–Trinajstić information content (AvgIpc) is 2.78. The molecule has 0 spiro atoms. The molecule has 0 aromatic heterocycles. The number of likely N-dealkylation sites (tertiary alicyclic amines) is 1. The summed E-state index contributed by atoms with van der Waals surface area (Å²) in [6.45, 7) is 1.76. The summed E-state index contributed by atoms with van der Waals surface area (Å²) in [6, 6.07) is 11.4. The molecule has 3 rings (SSSR count). The maximum atomic E-state index is 13.5.